The number of nitrogens with two attached hydrogens (primary N) is 1. The SMILES string of the molecule is N[C@@H](CC[AsH](=O)CO)C(=O)O. The summed E-state index contributed by atoms with van der Waals surface area (Å²) in [7, 11) is 0. The van der Waals surface area contributed by atoms with E-state index in [1.165, 1.54) is 0 Å². The van der Waals surface area contributed by atoms with E-state index in [9.17, 15) is 8.53 Å². The molecule has 0 aromatic heterocycles. The van der Waals surface area contributed by atoms with Crippen molar-refractivity contribution in [3.8, 4) is 0 Å². The monoisotopic (exact) mass is 225 g/mol. The predicted molar refractivity (Wildman–Crippen MR) is 40.0 cm³/mol. The van der Waals surface area contributed by atoms with E-state index >= 15 is 0 Å². The van der Waals surface area contributed by atoms with Crippen LogP contribution in [0.15, 0.2) is 0 Å². The molecule has 0 radical (unpaired) electrons. The average Bonchev–Trinajstić information content (AvgIpc) is 1.99. The summed E-state index contributed by atoms with van der Waals surface area (Å²) in [5, 5.41) is 16.6. The summed E-state index contributed by atoms with van der Waals surface area (Å²) >= 11 is -2.56. The second-order valence-corrected chi connectivity index (χ2v) is 6.15. The third-order valence-corrected chi connectivity index (χ3v) is 3.74. The van der Waals surface area contributed by atoms with E-state index in [-0.39, 0.29) is 17.0 Å². The van der Waals surface area contributed by atoms with Crippen molar-refractivity contribution in [3.05, 3.63) is 0 Å². The Morgan fingerprint density at radius 3 is 2.55 bits per heavy atom. The molecular weight excluding hydrogens is 213 g/mol. The van der Waals surface area contributed by atoms with Crippen molar-refractivity contribution >= 4 is 20.6 Å². The molecule has 0 aromatic carbocycles. The summed E-state index contributed by atoms with van der Waals surface area (Å²) in [6, 6.07) is -0.946. The number of carboxylic acids is 1. The van der Waals surface area contributed by atoms with Gasteiger partial charge >= 0.3 is 68.1 Å². The number of aliphatic carboxylic acids is 1. The topological polar surface area (TPSA) is 101 Å². The van der Waals surface area contributed by atoms with Crippen LogP contribution in [-0.2, 0) is 8.53 Å². The van der Waals surface area contributed by atoms with Crippen LogP contribution >= 0.6 is 0 Å². The van der Waals surface area contributed by atoms with Gasteiger partial charge in [0.05, 0.1) is 0 Å². The molecule has 66 valence electrons. The number of carbonyl (C=O) groups is 1. The van der Waals surface area contributed by atoms with Crippen LogP contribution in [0.2, 0.25) is 5.21 Å². The van der Waals surface area contributed by atoms with Gasteiger partial charge in [-0.15, -0.1) is 0 Å². The van der Waals surface area contributed by atoms with Crippen molar-refractivity contribution in [2.24, 2.45) is 5.73 Å². The summed E-state index contributed by atoms with van der Waals surface area (Å²) in [6.07, 6.45) is 0.189. The van der Waals surface area contributed by atoms with Gasteiger partial charge < -0.3 is 0 Å². The standard InChI is InChI=1S/C5H12AsNO4/c7-4(5(9)10)1-2-6(11)3-8/h4,6,8H,1-3,7H2,(H,9,10)/t4-/m0/s1. The molecule has 6 heteroatoms. The number of rotatable bonds is 5. The molecule has 0 amide bonds. The van der Waals surface area contributed by atoms with E-state index in [0.717, 1.165) is 0 Å². The van der Waals surface area contributed by atoms with Gasteiger partial charge in [0.25, 0.3) is 0 Å². The fourth-order valence-electron chi connectivity index (χ4n) is 0.519. The molecule has 0 aliphatic heterocycles. The molecule has 0 bridgehead atoms. The van der Waals surface area contributed by atoms with Gasteiger partial charge in [-0.3, -0.25) is 0 Å². The first kappa shape index (κ1) is 10.7. The molecule has 0 aliphatic rings. The Hall–Kier alpha value is -0.252. The van der Waals surface area contributed by atoms with Gasteiger partial charge in [0.15, 0.2) is 0 Å². The van der Waals surface area contributed by atoms with Crippen LogP contribution in [0.4, 0.5) is 0 Å². The number of aliphatic hydroxyl groups excluding tert-OH is 1. The summed E-state index contributed by atoms with van der Waals surface area (Å²) in [5.74, 6) is -1.09. The first-order valence-electron chi connectivity index (χ1n) is 3.19. The molecule has 0 fully saturated rings. The van der Waals surface area contributed by atoms with Crippen molar-refractivity contribution in [2.75, 3.05) is 5.39 Å². The zero-order valence-electron chi connectivity index (χ0n) is 5.99. The Labute approximate surface area is 68.7 Å². The fourth-order valence-corrected chi connectivity index (χ4v) is 2.18. The molecule has 11 heavy (non-hydrogen) atoms. The second-order valence-electron chi connectivity index (χ2n) is 2.18. The van der Waals surface area contributed by atoms with Crippen LogP contribution in [0.3, 0.4) is 0 Å². The van der Waals surface area contributed by atoms with Crippen LogP contribution in [0.5, 0.6) is 0 Å². The third-order valence-electron chi connectivity index (χ3n) is 1.23. The Bertz CT molecular complexity index is 161. The fraction of sp³-hybridized carbons (Fsp3) is 0.800. The minimum absolute atomic E-state index is 0.189. The molecule has 0 rings (SSSR count). The van der Waals surface area contributed by atoms with Gasteiger partial charge in [-0.05, 0) is 0 Å². The molecular formula is C5H12AsNO4. The predicted octanol–water partition coefficient (Wildman–Crippen LogP) is -1.53. The third kappa shape index (κ3) is 5.07. The number of aliphatic hydroxyl groups is 1. The van der Waals surface area contributed by atoms with Crippen LogP contribution in [-0.4, -0.2) is 42.2 Å². The van der Waals surface area contributed by atoms with Gasteiger partial charge in [0, 0.05) is 0 Å². The van der Waals surface area contributed by atoms with E-state index in [2.05, 4.69) is 0 Å². The van der Waals surface area contributed by atoms with Crippen LogP contribution < -0.4 is 5.73 Å². The molecule has 0 spiro atoms. The van der Waals surface area contributed by atoms with Gasteiger partial charge in [0.1, 0.15) is 0 Å². The molecule has 2 atom stereocenters. The molecule has 0 heterocycles. The van der Waals surface area contributed by atoms with Crippen LogP contribution in [0.25, 0.3) is 0 Å². The van der Waals surface area contributed by atoms with Crippen molar-refractivity contribution in [3.63, 3.8) is 0 Å². The molecule has 4 N–H and O–H groups in total. The Morgan fingerprint density at radius 2 is 2.18 bits per heavy atom. The molecule has 0 saturated carbocycles. The average molecular weight is 225 g/mol. The van der Waals surface area contributed by atoms with E-state index in [4.69, 9.17) is 15.9 Å². The van der Waals surface area contributed by atoms with Crippen molar-refractivity contribution in [1.82, 2.24) is 0 Å². The second kappa shape index (κ2) is 5.41. The Kier molecular flexibility index (Phi) is 5.28. The maximum atomic E-state index is 10.7. The quantitative estimate of drug-likeness (QED) is 0.493. The first-order chi connectivity index (χ1) is 5.07. The van der Waals surface area contributed by atoms with E-state index in [1.807, 2.05) is 0 Å². The summed E-state index contributed by atoms with van der Waals surface area (Å²) in [6.45, 7) is 0. The molecule has 0 saturated heterocycles. The van der Waals surface area contributed by atoms with Crippen molar-refractivity contribution < 1.29 is 18.7 Å². The van der Waals surface area contributed by atoms with Gasteiger partial charge in [-0.25, -0.2) is 0 Å². The maximum absolute atomic E-state index is 10.7. The summed E-state index contributed by atoms with van der Waals surface area (Å²) in [5.41, 5.74) is 5.13. The van der Waals surface area contributed by atoms with Crippen LogP contribution in [0, 0.1) is 0 Å². The van der Waals surface area contributed by atoms with Gasteiger partial charge in [-0.2, -0.15) is 0 Å². The van der Waals surface area contributed by atoms with E-state index < -0.39 is 26.6 Å². The molecule has 5 nitrogen and oxygen atoms in total. The molecule has 0 aliphatic carbocycles. The zero-order chi connectivity index (χ0) is 8.85. The Morgan fingerprint density at radius 1 is 1.64 bits per heavy atom. The van der Waals surface area contributed by atoms with E-state index in [1.54, 1.807) is 0 Å². The number of hydrogen-bond acceptors (Lipinski definition) is 4. The van der Waals surface area contributed by atoms with Gasteiger partial charge in [-0.1, -0.05) is 0 Å². The zero-order valence-corrected chi connectivity index (χ0v) is 8.09. The van der Waals surface area contributed by atoms with Gasteiger partial charge in [0.2, 0.25) is 0 Å². The molecule has 0 aromatic rings. The minimum atomic E-state index is -2.56. The summed E-state index contributed by atoms with van der Waals surface area (Å²) < 4.78 is 10.7. The summed E-state index contributed by atoms with van der Waals surface area (Å²) in [4.78, 5) is 10.1. The van der Waals surface area contributed by atoms with Crippen LogP contribution in [0.1, 0.15) is 6.42 Å². The number of hydrogen-bond donors (Lipinski definition) is 3. The van der Waals surface area contributed by atoms with Crippen molar-refractivity contribution in [2.45, 2.75) is 17.7 Å². The number of carboxylic acid groups (broad SMARTS) is 1. The molecule has 1 unspecified atom stereocenters. The normalized spacial score (nSPS) is 15.8. The van der Waals surface area contributed by atoms with E-state index in [0.29, 0.717) is 0 Å². The first-order valence-corrected chi connectivity index (χ1v) is 7.01. The Balaban J connectivity index is 3.54. The van der Waals surface area contributed by atoms with Crippen molar-refractivity contribution in [1.29, 1.82) is 0 Å².